The van der Waals surface area contributed by atoms with Gasteiger partial charge in [-0.2, -0.15) is 0 Å². The normalized spacial score (nSPS) is 10.3. The number of nitrogens with two attached hydrogens (primary N) is 1. The zero-order valence-electron chi connectivity index (χ0n) is 11.8. The summed E-state index contributed by atoms with van der Waals surface area (Å²) in [5, 5.41) is 0. The van der Waals surface area contributed by atoms with Gasteiger partial charge in [-0.1, -0.05) is 17.8 Å². The predicted molar refractivity (Wildman–Crippen MR) is 82.2 cm³/mol. The highest BCUT2D eigenvalue weighted by molar-refractivity contribution is 7.99. The van der Waals surface area contributed by atoms with Gasteiger partial charge in [0.1, 0.15) is 0 Å². The molecule has 0 fully saturated rings. The molecule has 0 aliphatic rings. The number of nitrogen functional groups attached to an aromatic ring is 1. The van der Waals surface area contributed by atoms with Crippen molar-refractivity contribution in [3.05, 3.63) is 53.1 Å². The molecule has 0 unspecified atom stereocenters. The minimum Gasteiger partial charge on any atom is -0.465 e. The molecule has 0 aliphatic carbocycles. The number of methoxy groups -OCH3 is 1. The third kappa shape index (κ3) is 3.14. The van der Waals surface area contributed by atoms with Crippen molar-refractivity contribution in [2.75, 3.05) is 12.8 Å². The number of hydrogen-bond acceptors (Lipinski definition) is 4. The lowest BCUT2D eigenvalue weighted by atomic mass is 10.1. The smallest absolute Gasteiger partial charge is 0.339 e. The molecule has 0 bridgehead atoms. The number of benzene rings is 2. The minimum absolute atomic E-state index is 0.372. The first-order chi connectivity index (χ1) is 9.51. The van der Waals surface area contributed by atoms with Crippen LogP contribution in [0.15, 0.2) is 46.2 Å². The standard InChI is InChI=1S/C16H17NO2S/c1-10-4-6-13(8-11(10)2)20-15-7-5-12(17)9-14(15)16(18)19-3/h4-9H,17H2,1-3H3. The van der Waals surface area contributed by atoms with E-state index in [0.717, 1.165) is 9.79 Å². The van der Waals surface area contributed by atoms with Crippen molar-refractivity contribution in [2.45, 2.75) is 23.6 Å². The lowest BCUT2D eigenvalue weighted by Gasteiger charge is -2.09. The third-order valence-corrected chi connectivity index (χ3v) is 4.18. The van der Waals surface area contributed by atoms with Gasteiger partial charge in [0.15, 0.2) is 0 Å². The van der Waals surface area contributed by atoms with Crippen molar-refractivity contribution < 1.29 is 9.53 Å². The zero-order chi connectivity index (χ0) is 14.7. The number of rotatable bonds is 3. The molecule has 0 saturated heterocycles. The van der Waals surface area contributed by atoms with Crippen molar-refractivity contribution in [1.82, 2.24) is 0 Å². The molecule has 2 aromatic carbocycles. The molecular formula is C16H17NO2S. The first-order valence-corrected chi connectivity index (χ1v) is 7.06. The van der Waals surface area contributed by atoms with E-state index in [2.05, 4.69) is 26.0 Å². The maximum Gasteiger partial charge on any atom is 0.339 e. The van der Waals surface area contributed by atoms with Crippen molar-refractivity contribution in [1.29, 1.82) is 0 Å². The lowest BCUT2D eigenvalue weighted by molar-refractivity contribution is 0.0597. The van der Waals surface area contributed by atoms with E-state index in [-0.39, 0.29) is 5.97 Å². The molecule has 104 valence electrons. The Kier molecular flexibility index (Phi) is 4.35. The van der Waals surface area contributed by atoms with Gasteiger partial charge in [0.2, 0.25) is 0 Å². The van der Waals surface area contributed by atoms with Crippen LogP contribution in [0.4, 0.5) is 5.69 Å². The maximum atomic E-state index is 11.8. The second kappa shape index (κ2) is 6.01. The Morgan fingerprint density at radius 1 is 1.10 bits per heavy atom. The fourth-order valence-corrected chi connectivity index (χ4v) is 2.82. The SMILES string of the molecule is COC(=O)c1cc(N)ccc1Sc1ccc(C)c(C)c1. The molecular weight excluding hydrogens is 270 g/mol. The van der Waals surface area contributed by atoms with Gasteiger partial charge in [0, 0.05) is 15.5 Å². The lowest BCUT2D eigenvalue weighted by Crippen LogP contribution is -2.04. The molecule has 0 amide bonds. The molecule has 0 saturated carbocycles. The molecule has 0 radical (unpaired) electrons. The number of anilines is 1. The van der Waals surface area contributed by atoms with E-state index in [1.807, 2.05) is 12.1 Å². The Morgan fingerprint density at radius 2 is 1.85 bits per heavy atom. The number of hydrogen-bond donors (Lipinski definition) is 1. The highest BCUT2D eigenvalue weighted by Gasteiger charge is 2.13. The number of carbonyl (C=O) groups is 1. The highest BCUT2D eigenvalue weighted by Crippen LogP contribution is 2.32. The Balaban J connectivity index is 2.37. The van der Waals surface area contributed by atoms with E-state index in [1.165, 1.54) is 30.0 Å². The molecule has 0 aromatic heterocycles. The van der Waals surface area contributed by atoms with Crippen molar-refractivity contribution >= 4 is 23.4 Å². The third-order valence-electron chi connectivity index (χ3n) is 3.12. The molecule has 20 heavy (non-hydrogen) atoms. The average molecular weight is 287 g/mol. The van der Waals surface area contributed by atoms with Crippen LogP contribution in [0.2, 0.25) is 0 Å². The topological polar surface area (TPSA) is 52.3 Å². The summed E-state index contributed by atoms with van der Waals surface area (Å²) in [6.45, 7) is 4.15. The van der Waals surface area contributed by atoms with E-state index < -0.39 is 0 Å². The summed E-state index contributed by atoms with van der Waals surface area (Å²) in [4.78, 5) is 13.7. The zero-order valence-corrected chi connectivity index (χ0v) is 12.6. The first kappa shape index (κ1) is 14.5. The summed E-state index contributed by atoms with van der Waals surface area (Å²) < 4.78 is 4.80. The van der Waals surface area contributed by atoms with Gasteiger partial charge >= 0.3 is 5.97 Å². The van der Waals surface area contributed by atoms with E-state index in [9.17, 15) is 4.79 Å². The van der Waals surface area contributed by atoms with E-state index in [4.69, 9.17) is 10.5 Å². The van der Waals surface area contributed by atoms with Crippen LogP contribution >= 0.6 is 11.8 Å². The fourth-order valence-electron chi connectivity index (χ4n) is 1.81. The predicted octanol–water partition coefficient (Wildman–Crippen LogP) is 3.82. The second-order valence-electron chi connectivity index (χ2n) is 4.60. The van der Waals surface area contributed by atoms with Crippen LogP contribution in [-0.4, -0.2) is 13.1 Å². The number of esters is 1. The molecule has 0 spiro atoms. The van der Waals surface area contributed by atoms with E-state index in [0.29, 0.717) is 11.3 Å². The summed E-state index contributed by atoms with van der Waals surface area (Å²) in [6, 6.07) is 11.5. The van der Waals surface area contributed by atoms with Gasteiger partial charge in [0.05, 0.1) is 12.7 Å². The van der Waals surface area contributed by atoms with Gasteiger partial charge in [0.25, 0.3) is 0 Å². The summed E-state index contributed by atoms with van der Waals surface area (Å²) in [6.07, 6.45) is 0. The van der Waals surface area contributed by atoms with Gasteiger partial charge in [-0.15, -0.1) is 0 Å². The summed E-state index contributed by atoms with van der Waals surface area (Å²) >= 11 is 1.53. The second-order valence-corrected chi connectivity index (χ2v) is 5.71. The molecule has 4 heteroatoms. The van der Waals surface area contributed by atoms with Crippen LogP contribution in [0.25, 0.3) is 0 Å². The highest BCUT2D eigenvalue weighted by atomic mass is 32.2. The average Bonchev–Trinajstić information content (AvgIpc) is 2.44. The molecule has 2 N–H and O–H groups in total. The number of aryl methyl sites for hydroxylation is 2. The van der Waals surface area contributed by atoms with Crippen LogP contribution in [0.1, 0.15) is 21.5 Å². The van der Waals surface area contributed by atoms with Crippen LogP contribution in [0.5, 0.6) is 0 Å². The Hall–Kier alpha value is -1.94. The largest absolute Gasteiger partial charge is 0.465 e. The molecule has 2 aromatic rings. The Morgan fingerprint density at radius 3 is 2.50 bits per heavy atom. The first-order valence-electron chi connectivity index (χ1n) is 6.24. The monoisotopic (exact) mass is 287 g/mol. The van der Waals surface area contributed by atoms with Gasteiger partial charge in [-0.3, -0.25) is 0 Å². The summed E-state index contributed by atoms with van der Waals surface area (Å²) in [5.74, 6) is -0.372. The van der Waals surface area contributed by atoms with Gasteiger partial charge < -0.3 is 10.5 Å². The number of carbonyl (C=O) groups excluding carboxylic acids is 1. The number of ether oxygens (including phenoxy) is 1. The van der Waals surface area contributed by atoms with Crippen molar-refractivity contribution in [3.63, 3.8) is 0 Å². The quantitative estimate of drug-likeness (QED) is 0.688. The molecule has 3 nitrogen and oxygen atoms in total. The fraction of sp³-hybridized carbons (Fsp3) is 0.188. The Labute approximate surface area is 123 Å². The summed E-state index contributed by atoms with van der Waals surface area (Å²) in [7, 11) is 1.37. The van der Waals surface area contributed by atoms with Crippen LogP contribution in [0.3, 0.4) is 0 Å². The maximum absolute atomic E-state index is 11.8. The van der Waals surface area contributed by atoms with E-state index >= 15 is 0 Å². The van der Waals surface area contributed by atoms with Crippen LogP contribution in [-0.2, 0) is 4.74 Å². The Bertz CT molecular complexity index is 653. The minimum atomic E-state index is -0.372. The molecule has 2 rings (SSSR count). The van der Waals surface area contributed by atoms with Crippen LogP contribution in [0, 0.1) is 13.8 Å². The van der Waals surface area contributed by atoms with Crippen LogP contribution < -0.4 is 5.73 Å². The van der Waals surface area contributed by atoms with Gasteiger partial charge in [-0.05, 0) is 55.3 Å². The summed E-state index contributed by atoms with van der Waals surface area (Å²) in [5.41, 5.74) is 9.26. The van der Waals surface area contributed by atoms with E-state index in [1.54, 1.807) is 12.1 Å². The van der Waals surface area contributed by atoms with Crippen molar-refractivity contribution in [3.8, 4) is 0 Å². The molecule has 0 atom stereocenters. The van der Waals surface area contributed by atoms with Gasteiger partial charge in [-0.25, -0.2) is 4.79 Å². The molecule has 0 aliphatic heterocycles. The molecule has 0 heterocycles. The van der Waals surface area contributed by atoms with Crippen molar-refractivity contribution in [2.24, 2.45) is 0 Å².